The lowest BCUT2D eigenvalue weighted by Gasteiger charge is -2.13. The minimum absolute atomic E-state index is 0.0734. The van der Waals surface area contributed by atoms with Crippen LogP contribution in [0.4, 0.5) is 10.5 Å². The van der Waals surface area contributed by atoms with E-state index in [-0.39, 0.29) is 18.7 Å². The molecule has 8 heteroatoms. The lowest BCUT2D eigenvalue weighted by molar-refractivity contribution is -0.140. The molecule has 1 aliphatic heterocycles. The van der Waals surface area contributed by atoms with Crippen LogP contribution < -0.4 is 10.2 Å². The number of benzene rings is 1. The van der Waals surface area contributed by atoms with E-state index in [1.165, 1.54) is 18.4 Å². The van der Waals surface area contributed by atoms with E-state index in [4.69, 9.17) is 0 Å². The number of carbonyl (C=O) groups is 3. The quantitative estimate of drug-likeness (QED) is 0.663. The molecule has 0 saturated carbocycles. The Labute approximate surface area is 142 Å². The molecular weight excluding hydrogens is 330 g/mol. The zero-order chi connectivity index (χ0) is 17.1. The van der Waals surface area contributed by atoms with E-state index in [0.717, 1.165) is 15.5 Å². The number of nitrogens with zero attached hydrogens (tertiary/aromatic N) is 2. The average molecular weight is 345 g/mol. The number of hydrogen-bond acceptors (Lipinski definition) is 6. The Hall–Kier alpha value is -2.74. The molecule has 3 rings (SSSR count). The smallest absolute Gasteiger partial charge is 0.329 e. The normalized spacial score (nSPS) is 17.0. The van der Waals surface area contributed by atoms with Gasteiger partial charge in [-0.1, -0.05) is 0 Å². The molecule has 0 unspecified atom stereocenters. The molecule has 1 saturated heterocycles. The van der Waals surface area contributed by atoms with Crippen LogP contribution in [0.2, 0.25) is 0 Å². The molecule has 1 atom stereocenters. The highest BCUT2D eigenvalue weighted by Crippen LogP contribution is 2.26. The molecule has 0 spiro atoms. The second-order valence-corrected chi connectivity index (χ2v) is 6.07. The zero-order valence-electron chi connectivity index (χ0n) is 12.9. The van der Waals surface area contributed by atoms with Crippen molar-refractivity contribution in [3.63, 3.8) is 0 Å². The van der Waals surface area contributed by atoms with Crippen LogP contribution in [0, 0.1) is 0 Å². The number of thiazole rings is 1. The Balaban J connectivity index is 1.73. The molecule has 1 aliphatic rings. The van der Waals surface area contributed by atoms with E-state index >= 15 is 0 Å². The summed E-state index contributed by atoms with van der Waals surface area (Å²) in [6.45, 7) is 0. The number of rotatable bonds is 5. The Bertz CT molecular complexity index is 758. The Morgan fingerprint density at radius 3 is 2.71 bits per heavy atom. The predicted octanol–water partition coefficient (Wildman–Crippen LogP) is 2.19. The molecule has 0 bridgehead atoms. The topological polar surface area (TPSA) is 88.6 Å². The second kappa shape index (κ2) is 6.79. The van der Waals surface area contributed by atoms with Gasteiger partial charge in [-0.2, -0.15) is 0 Å². The van der Waals surface area contributed by atoms with Crippen molar-refractivity contribution in [1.29, 1.82) is 0 Å². The van der Waals surface area contributed by atoms with Gasteiger partial charge in [0.2, 0.25) is 0 Å². The van der Waals surface area contributed by atoms with Crippen LogP contribution in [-0.2, 0) is 14.3 Å². The van der Waals surface area contributed by atoms with Gasteiger partial charge in [-0.15, -0.1) is 11.3 Å². The van der Waals surface area contributed by atoms with Crippen LogP contribution in [0.3, 0.4) is 0 Å². The summed E-state index contributed by atoms with van der Waals surface area (Å²) in [4.78, 5) is 41.0. The summed E-state index contributed by atoms with van der Waals surface area (Å²) < 4.78 is 4.55. The highest BCUT2D eigenvalue weighted by molar-refractivity contribution is 7.13. The third-order valence-corrected chi connectivity index (χ3v) is 4.51. The Morgan fingerprint density at radius 2 is 2.08 bits per heavy atom. The van der Waals surface area contributed by atoms with Gasteiger partial charge in [0.05, 0.1) is 12.8 Å². The van der Waals surface area contributed by atoms with Gasteiger partial charge < -0.3 is 10.1 Å². The molecule has 24 heavy (non-hydrogen) atoms. The number of amides is 3. The summed E-state index contributed by atoms with van der Waals surface area (Å²) >= 11 is 1.51. The van der Waals surface area contributed by atoms with Crippen molar-refractivity contribution >= 4 is 34.9 Å². The van der Waals surface area contributed by atoms with Crippen LogP contribution in [-0.4, -0.2) is 36.0 Å². The van der Waals surface area contributed by atoms with E-state index in [0.29, 0.717) is 5.69 Å². The SMILES string of the molecule is COC(=O)CC[C@H]1NC(=O)N(c2ccc(-c3nccs3)cc2)C1=O. The molecule has 7 nitrogen and oxygen atoms in total. The minimum Gasteiger partial charge on any atom is -0.469 e. The van der Waals surface area contributed by atoms with Crippen LogP contribution in [0.1, 0.15) is 12.8 Å². The maximum atomic E-state index is 12.4. The molecule has 1 aromatic carbocycles. The standard InChI is InChI=1S/C16H15N3O4S/c1-23-13(20)7-6-12-15(21)19(16(22)18-12)11-4-2-10(3-5-11)14-17-8-9-24-14/h2-5,8-9,12H,6-7H2,1H3,(H,18,22)/t12-/m1/s1. The highest BCUT2D eigenvalue weighted by Gasteiger charge is 2.38. The lowest BCUT2D eigenvalue weighted by atomic mass is 10.1. The first-order chi connectivity index (χ1) is 11.6. The van der Waals surface area contributed by atoms with E-state index in [1.54, 1.807) is 18.3 Å². The first-order valence-corrected chi connectivity index (χ1v) is 8.19. The number of esters is 1. The molecule has 124 valence electrons. The average Bonchev–Trinajstić information content (AvgIpc) is 3.21. The molecule has 1 N–H and O–H groups in total. The third kappa shape index (κ3) is 3.13. The van der Waals surface area contributed by atoms with Crippen LogP contribution in [0.15, 0.2) is 35.8 Å². The second-order valence-electron chi connectivity index (χ2n) is 5.17. The van der Waals surface area contributed by atoms with Crippen molar-refractivity contribution in [3.8, 4) is 10.6 Å². The van der Waals surface area contributed by atoms with Crippen molar-refractivity contribution in [2.45, 2.75) is 18.9 Å². The molecular formula is C16H15N3O4S. The zero-order valence-corrected chi connectivity index (χ0v) is 13.7. The summed E-state index contributed by atoms with van der Waals surface area (Å²) in [6, 6.07) is 5.84. The van der Waals surface area contributed by atoms with Crippen LogP contribution in [0.5, 0.6) is 0 Å². The summed E-state index contributed by atoms with van der Waals surface area (Å²) in [7, 11) is 1.29. The van der Waals surface area contributed by atoms with Crippen molar-refractivity contribution < 1.29 is 19.1 Å². The van der Waals surface area contributed by atoms with Gasteiger partial charge in [-0.05, 0) is 30.7 Å². The van der Waals surface area contributed by atoms with Crippen molar-refractivity contribution in [2.75, 3.05) is 12.0 Å². The van der Waals surface area contributed by atoms with E-state index in [1.807, 2.05) is 17.5 Å². The maximum absolute atomic E-state index is 12.4. The highest BCUT2D eigenvalue weighted by atomic mass is 32.1. The van der Waals surface area contributed by atoms with Gasteiger partial charge in [-0.3, -0.25) is 9.59 Å². The number of imide groups is 1. The fourth-order valence-corrected chi connectivity index (χ4v) is 3.10. The van der Waals surface area contributed by atoms with E-state index < -0.39 is 18.0 Å². The fraction of sp³-hybridized carbons (Fsp3) is 0.250. The van der Waals surface area contributed by atoms with Gasteiger partial charge >= 0.3 is 12.0 Å². The first-order valence-electron chi connectivity index (χ1n) is 7.31. The molecule has 2 aromatic rings. The molecule has 1 fully saturated rings. The fourth-order valence-electron chi connectivity index (χ4n) is 2.45. The Kier molecular flexibility index (Phi) is 4.57. The van der Waals surface area contributed by atoms with E-state index in [2.05, 4.69) is 15.0 Å². The summed E-state index contributed by atoms with van der Waals surface area (Å²) in [6.07, 6.45) is 2.01. The van der Waals surface area contributed by atoms with Gasteiger partial charge in [0.1, 0.15) is 11.0 Å². The monoisotopic (exact) mass is 345 g/mol. The number of nitrogens with one attached hydrogen (secondary N) is 1. The minimum atomic E-state index is -0.713. The van der Waals surface area contributed by atoms with E-state index in [9.17, 15) is 14.4 Å². The van der Waals surface area contributed by atoms with Crippen LogP contribution in [0.25, 0.3) is 10.6 Å². The number of anilines is 1. The van der Waals surface area contributed by atoms with Gasteiger partial charge in [0.15, 0.2) is 0 Å². The summed E-state index contributed by atoms with van der Waals surface area (Å²) in [5.41, 5.74) is 1.40. The summed E-state index contributed by atoms with van der Waals surface area (Å²) in [5.74, 6) is -0.783. The maximum Gasteiger partial charge on any atom is 0.329 e. The van der Waals surface area contributed by atoms with Crippen molar-refractivity contribution in [1.82, 2.24) is 10.3 Å². The van der Waals surface area contributed by atoms with Crippen molar-refractivity contribution in [2.24, 2.45) is 0 Å². The number of carbonyl (C=O) groups excluding carboxylic acids is 3. The van der Waals surface area contributed by atoms with Crippen molar-refractivity contribution in [3.05, 3.63) is 35.8 Å². The number of urea groups is 1. The lowest BCUT2D eigenvalue weighted by Crippen LogP contribution is -2.31. The largest absolute Gasteiger partial charge is 0.469 e. The third-order valence-electron chi connectivity index (χ3n) is 3.69. The van der Waals surface area contributed by atoms with Gasteiger partial charge in [-0.25, -0.2) is 14.7 Å². The molecule has 3 amide bonds. The van der Waals surface area contributed by atoms with Gasteiger partial charge in [0.25, 0.3) is 5.91 Å². The predicted molar refractivity (Wildman–Crippen MR) is 88.6 cm³/mol. The Morgan fingerprint density at radius 1 is 1.33 bits per heavy atom. The van der Waals surface area contributed by atoms with Crippen LogP contribution >= 0.6 is 11.3 Å². The molecule has 2 heterocycles. The summed E-state index contributed by atoms with van der Waals surface area (Å²) in [5, 5.41) is 5.34. The molecule has 0 radical (unpaired) electrons. The first kappa shape index (κ1) is 16.1. The number of methoxy groups -OCH3 is 1. The number of ether oxygens (including phenoxy) is 1. The number of aromatic nitrogens is 1. The molecule has 0 aliphatic carbocycles. The number of hydrogen-bond donors (Lipinski definition) is 1. The molecule has 1 aromatic heterocycles. The van der Waals surface area contributed by atoms with Gasteiger partial charge in [0, 0.05) is 23.6 Å².